The van der Waals surface area contributed by atoms with Gasteiger partial charge in [-0.3, -0.25) is 9.59 Å². The van der Waals surface area contributed by atoms with Crippen molar-refractivity contribution in [1.82, 2.24) is 15.1 Å². The molecule has 1 aliphatic heterocycles. The highest BCUT2D eigenvalue weighted by atomic mass is 16.2. The molecule has 6 nitrogen and oxygen atoms in total. The number of likely N-dealkylation sites (tertiary alicyclic amines) is 1. The fraction of sp³-hybridized carbons (Fsp3) is 0.688. The Labute approximate surface area is 132 Å². The van der Waals surface area contributed by atoms with E-state index in [0.717, 1.165) is 32.4 Å². The SMILES string of the molecule is CCCCN(C)/C=C(/C#N)C(=O)NCCCN1CCCC1=O. The van der Waals surface area contributed by atoms with Gasteiger partial charge in [-0.2, -0.15) is 5.26 Å². The summed E-state index contributed by atoms with van der Waals surface area (Å²) in [5.74, 6) is -0.153. The van der Waals surface area contributed by atoms with Crippen LogP contribution in [0.15, 0.2) is 11.8 Å². The predicted molar refractivity (Wildman–Crippen MR) is 84.7 cm³/mol. The molecule has 22 heavy (non-hydrogen) atoms. The molecule has 0 aromatic heterocycles. The van der Waals surface area contributed by atoms with Crippen LogP contribution in [0, 0.1) is 11.3 Å². The zero-order valence-corrected chi connectivity index (χ0v) is 13.6. The largest absolute Gasteiger partial charge is 0.379 e. The van der Waals surface area contributed by atoms with Crippen LogP contribution in [-0.4, -0.2) is 54.8 Å². The number of nitrogens with zero attached hydrogens (tertiary/aromatic N) is 3. The summed E-state index contributed by atoms with van der Waals surface area (Å²) < 4.78 is 0. The standard InChI is InChI=1S/C16H26N4O2/c1-3-4-9-19(2)13-14(12-17)16(22)18-8-6-11-20-10-5-7-15(20)21/h13H,3-11H2,1-2H3,(H,18,22)/b14-13-. The second-order valence-electron chi connectivity index (χ2n) is 5.58. The molecule has 0 radical (unpaired) electrons. The Hall–Kier alpha value is -2.03. The highest BCUT2D eigenvalue weighted by Crippen LogP contribution is 2.09. The highest BCUT2D eigenvalue weighted by molar-refractivity contribution is 5.97. The third-order valence-corrected chi connectivity index (χ3v) is 3.64. The van der Waals surface area contributed by atoms with Crippen LogP contribution in [0.25, 0.3) is 0 Å². The Balaban J connectivity index is 2.31. The normalized spacial score (nSPS) is 14.9. The number of carbonyl (C=O) groups excluding carboxylic acids is 2. The minimum Gasteiger partial charge on any atom is -0.379 e. The van der Waals surface area contributed by atoms with Crippen LogP contribution in [0.3, 0.4) is 0 Å². The molecule has 0 aromatic carbocycles. The second kappa shape index (κ2) is 9.82. The minimum atomic E-state index is -0.349. The molecular weight excluding hydrogens is 280 g/mol. The van der Waals surface area contributed by atoms with Crippen LogP contribution in [0.5, 0.6) is 0 Å². The number of hydrogen-bond donors (Lipinski definition) is 1. The molecule has 0 unspecified atom stereocenters. The Morgan fingerprint density at radius 2 is 2.27 bits per heavy atom. The van der Waals surface area contributed by atoms with E-state index in [4.69, 9.17) is 5.26 Å². The van der Waals surface area contributed by atoms with E-state index in [0.29, 0.717) is 25.9 Å². The number of hydrogen-bond acceptors (Lipinski definition) is 4. The first kappa shape index (κ1) is 18.0. The number of amides is 2. The molecule has 0 spiro atoms. The monoisotopic (exact) mass is 306 g/mol. The molecule has 1 fully saturated rings. The quantitative estimate of drug-likeness (QED) is 0.395. The van der Waals surface area contributed by atoms with Gasteiger partial charge >= 0.3 is 0 Å². The van der Waals surface area contributed by atoms with Crippen LogP contribution >= 0.6 is 0 Å². The summed E-state index contributed by atoms with van der Waals surface area (Å²) in [5.41, 5.74) is 0.121. The summed E-state index contributed by atoms with van der Waals surface area (Å²) in [4.78, 5) is 27.1. The van der Waals surface area contributed by atoms with Crippen LogP contribution in [0.4, 0.5) is 0 Å². The Kier molecular flexibility index (Phi) is 8.05. The zero-order valence-electron chi connectivity index (χ0n) is 13.6. The second-order valence-corrected chi connectivity index (χ2v) is 5.58. The Morgan fingerprint density at radius 3 is 2.86 bits per heavy atom. The van der Waals surface area contributed by atoms with Crippen LogP contribution < -0.4 is 5.32 Å². The Bertz CT molecular complexity index is 454. The lowest BCUT2D eigenvalue weighted by Gasteiger charge is -2.16. The maximum Gasteiger partial charge on any atom is 0.263 e. The fourth-order valence-electron chi connectivity index (χ4n) is 2.34. The molecule has 1 saturated heterocycles. The van der Waals surface area contributed by atoms with Crippen molar-refractivity contribution in [2.75, 3.05) is 33.2 Å². The van der Waals surface area contributed by atoms with Crippen LogP contribution in [0.2, 0.25) is 0 Å². The zero-order chi connectivity index (χ0) is 16.4. The molecule has 0 atom stereocenters. The van der Waals surface area contributed by atoms with E-state index >= 15 is 0 Å². The average Bonchev–Trinajstić information content (AvgIpc) is 2.92. The van der Waals surface area contributed by atoms with Gasteiger partial charge in [-0.15, -0.1) is 0 Å². The lowest BCUT2D eigenvalue weighted by atomic mass is 10.2. The van der Waals surface area contributed by atoms with Crippen molar-refractivity contribution in [3.63, 3.8) is 0 Å². The number of rotatable bonds is 9. The molecule has 0 aromatic rings. The third-order valence-electron chi connectivity index (χ3n) is 3.64. The molecule has 6 heteroatoms. The first-order valence-electron chi connectivity index (χ1n) is 7.96. The van der Waals surface area contributed by atoms with E-state index in [1.807, 2.05) is 22.9 Å². The lowest BCUT2D eigenvalue weighted by Crippen LogP contribution is -2.31. The molecule has 1 heterocycles. The van der Waals surface area contributed by atoms with E-state index in [-0.39, 0.29) is 17.4 Å². The van der Waals surface area contributed by atoms with Gasteiger partial charge in [-0.05, 0) is 19.3 Å². The summed E-state index contributed by atoms with van der Waals surface area (Å²) in [6.07, 6.45) is 5.96. The summed E-state index contributed by atoms with van der Waals surface area (Å²) >= 11 is 0. The van der Waals surface area contributed by atoms with Crippen molar-refractivity contribution < 1.29 is 9.59 Å². The molecule has 0 aliphatic carbocycles. The van der Waals surface area contributed by atoms with Gasteiger partial charge in [0.15, 0.2) is 0 Å². The first-order chi connectivity index (χ1) is 10.6. The van der Waals surface area contributed by atoms with Crippen molar-refractivity contribution in [1.29, 1.82) is 5.26 Å². The summed E-state index contributed by atoms with van der Waals surface area (Å²) in [5, 5.41) is 11.8. The predicted octanol–water partition coefficient (Wildman–Crippen LogP) is 1.25. The molecule has 0 bridgehead atoms. The van der Waals surface area contributed by atoms with Gasteiger partial charge in [0.25, 0.3) is 5.91 Å². The summed E-state index contributed by atoms with van der Waals surface area (Å²) in [6.45, 7) is 4.88. The van der Waals surface area contributed by atoms with E-state index in [1.165, 1.54) is 0 Å². The average molecular weight is 306 g/mol. The molecule has 1 N–H and O–H groups in total. The van der Waals surface area contributed by atoms with Gasteiger partial charge in [0.05, 0.1) is 0 Å². The van der Waals surface area contributed by atoms with E-state index in [9.17, 15) is 9.59 Å². The van der Waals surface area contributed by atoms with Crippen LogP contribution in [0.1, 0.15) is 39.0 Å². The fourth-order valence-corrected chi connectivity index (χ4v) is 2.34. The van der Waals surface area contributed by atoms with Gasteiger partial charge in [0.1, 0.15) is 11.6 Å². The third kappa shape index (κ3) is 6.17. The smallest absolute Gasteiger partial charge is 0.263 e. The highest BCUT2D eigenvalue weighted by Gasteiger charge is 2.19. The molecule has 122 valence electrons. The molecule has 1 rings (SSSR count). The van der Waals surface area contributed by atoms with Gasteiger partial charge in [-0.25, -0.2) is 0 Å². The van der Waals surface area contributed by atoms with Gasteiger partial charge in [-0.1, -0.05) is 13.3 Å². The van der Waals surface area contributed by atoms with Crippen molar-refractivity contribution in [3.05, 3.63) is 11.8 Å². The summed E-state index contributed by atoms with van der Waals surface area (Å²) in [6, 6.07) is 1.94. The number of unbranched alkanes of at least 4 members (excludes halogenated alkanes) is 1. The van der Waals surface area contributed by atoms with E-state index in [2.05, 4.69) is 12.2 Å². The number of nitrogens with one attached hydrogen (secondary N) is 1. The summed E-state index contributed by atoms with van der Waals surface area (Å²) in [7, 11) is 1.86. The maximum absolute atomic E-state index is 11.9. The maximum atomic E-state index is 11.9. The molecule has 0 saturated carbocycles. The minimum absolute atomic E-state index is 0.121. The van der Waals surface area contributed by atoms with Crippen molar-refractivity contribution in [2.24, 2.45) is 0 Å². The molecular formula is C16H26N4O2. The first-order valence-corrected chi connectivity index (χ1v) is 7.96. The van der Waals surface area contributed by atoms with Gasteiger partial charge < -0.3 is 15.1 Å². The topological polar surface area (TPSA) is 76.4 Å². The van der Waals surface area contributed by atoms with Crippen LogP contribution in [-0.2, 0) is 9.59 Å². The van der Waals surface area contributed by atoms with E-state index in [1.54, 1.807) is 6.20 Å². The molecule has 2 amide bonds. The lowest BCUT2D eigenvalue weighted by molar-refractivity contribution is -0.127. The number of carbonyl (C=O) groups is 2. The van der Waals surface area contributed by atoms with Gasteiger partial charge in [0.2, 0.25) is 5.91 Å². The van der Waals surface area contributed by atoms with Crippen molar-refractivity contribution >= 4 is 11.8 Å². The molecule has 1 aliphatic rings. The number of nitriles is 1. The van der Waals surface area contributed by atoms with Crippen molar-refractivity contribution in [3.8, 4) is 6.07 Å². The van der Waals surface area contributed by atoms with Gasteiger partial charge in [0, 0.05) is 45.8 Å². The Morgan fingerprint density at radius 1 is 1.50 bits per heavy atom. The van der Waals surface area contributed by atoms with E-state index < -0.39 is 0 Å². The van der Waals surface area contributed by atoms with Crippen molar-refractivity contribution in [2.45, 2.75) is 39.0 Å².